The van der Waals surface area contributed by atoms with Crippen LogP contribution in [0, 0.1) is 23.3 Å². The molecule has 2 amide bonds. The van der Waals surface area contributed by atoms with Crippen molar-refractivity contribution in [3.05, 3.63) is 52.9 Å². The molecule has 1 aliphatic carbocycles. The third-order valence-electron chi connectivity index (χ3n) is 11.8. The smallest absolute Gasteiger partial charge is 0.407 e. The van der Waals surface area contributed by atoms with Gasteiger partial charge in [-0.2, -0.15) is 8.78 Å². The average molecular weight is 1150 g/mol. The summed E-state index contributed by atoms with van der Waals surface area (Å²) in [7, 11) is 2.07. The van der Waals surface area contributed by atoms with Crippen LogP contribution in [0.2, 0.25) is 0 Å². The van der Waals surface area contributed by atoms with Crippen molar-refractivity contribution in [1.82, 2.24) is 15.1 Å². The lowest BCUT2D eigenvalue weighted by Crippen LogP contribution is -2.37. The first-order valence-corrected chi connectivity index (χ1v) is 27.7. The van der Waals surface area contributed by atoms with Gasteiger partial charge in [0.25, 0.3) is 0 Å². The lowest BCUT2D eigenvalue weighted by atomic mass is 9.96. The van der Waals surface area contributed by atoms with E-state index >= 15 is 0 Å². The Hall–Kier alpha value is -4.87. The van der Waals surface area contributed by atoms with E-state index in [2.05, 4.69) is 27.0 Å². The molecule has 0 unspecified atom stereocenters. The SMILES string of the molecule is CCCN(CCCNC(=O)OC1CCC1)C(=O)C1=CC(=NCCCCCN(C)CCOCCOCCOCCOCCOCCOCCOCCOCCOCCOCCC(=O)Oc2c(F)c(F)cc(F)c2F)/C(=C\N)N=C(N)C1. The first-order valence-electron chi connectivity index (χ1n) is 27.7. The number of aliphatic imine (C=N–C) groups is 2. The summed E-state index contributed by atoms with van der Waals surface area (Å²) in [6.07, 6.45) is 9.64. The minimum Gasteiger partial charge on any atom is -0.446 e. The summed E-state index contributed by atoms with van der Waals surface area (Å²) in [6, 6.07) is 0.0165. The van der Waals surface area contributed by atoms with Crippen LogP contribution in [-0.4, -0.2) is 224 Å². The number of ether oxygens (including phenoxy) is 12. The van der Waals surface area contributed by atoms with Gasteiger partial charge in [0.15, 0.2) is 11.6 Å². The molecule has 456 valence electrons. The molecular weight excluding hydrogens is 1060 g/mol. The van der Waals surface area contributed by atoms with E-state index in [4.69, 9.17) is 68.6 Å². The molecule has 1 aliphatic heterocycles. The van der Waals surface area contributed by atoms with Gasteiger partial charge in [0.05, 0.1) is 144 Å². The molecule has 1 aromatic carbocycles. The summed E-state index contributed by atoms with van der Waals surface area (Å²) in [5, 5.41) is 2.79. The number of amidine groups is 1. The number of nitrogens with zero attached hydrogens (tertiary/aromatic N) is 4. The van der Waals surface area contributed by atoms with Crippen LogP contribution in [0.15, 0.2) is 39.6 Å². The van der Waals surface area contributed by atoms with Gasteiger partial charge in [-0.3, -0.25) is 14.6 Å². The lowest BCUT2D eigenvalue weighted by Gasteiger charge is -2.25. The fraction of sp³-hybridized carbons (Fsp3) is 0.722. The van der Waals surface area contributed by atoms with Crippen LogP contribution in [0.1, 0.15) is 71.1 Å². The molecule has 26 heteroatoms. The van der Waals surface area contributed by atoms with Gasteiger partial charge in [0.1, 0.15) is 17.6 Å². The Morgan fingerprint density at radius 1 is 0.675 bits per heavy atom. The summed E-state index contributed by atoms with van der Waals surface area (Å²) >= 11 is 0. The van der Waals surface area contributed by atoms with Crippen LogP contribution in [0.3, 0.4) is 0 Å². The van der Waals surface area contributed by atoms with E-state index in [-0.39, 0.29) is 44.3 Å². The topological polar surface area (TPSA) is 257 Å². The number of unbranched alkanes of at least 4 members (excludes halogenated alkanes) is 2. The first-order chi connectivity index (χ1) is 38.9. The Morgan fingerprint density at radius 3 is 1.65 bits per heavy atom. The number of benzene rings is 1. The van der Waals surface area contributed by atoms with Gasteiger partial charge in [0, 0.05) is 57.0 Å². The number of nitrogens with one attached hydrogen (secondary N) is 1. The number of likely N-dealkylation sites (N-methyl/N-ethyl adjacent to an activating group) is 1. The number of esters is 1. The number of allylic oxidation sites excluding steroid dienone is 1. The van der Waals surface area contributed by atoms with Gasteiger partial charge < -0.3 is 83.4 Å². The number of carbonyl (C=O) groups is 3. The van der Waals surface area contributed by atoms with Gasteiger partial charge in [-0.05, 0) is 64.6 Å². The molecule has 80 heavy (non-hydrogen) atoms. The molecule has 1 aromatic rings. The number of hydrogen-bond acceptors (Lipinski definition) is 20. The van der Waals surface area contributed by atoms with Crippen LogP contribution in [0.25, 0.3) is 0 Å². The predicted molar refractivity (Wildman–Crippen MR) is 289 cm³/mol. The largest absolute Gasteiger partial charge is 0.446 e. The second-order valence-corrected chi connectivity index (χ2v) is 18.3. The third kappa shape index (κ3) is 31.9. The Morgan fingerprint density at radius 2 is 1.18 bits per heavy atom. The summed E-state index contributed by atoms with van der Waals surface area (Å²) in [6.45, 7) is 13.2. The molecule has 1 fully saturated rings. The van der Waals surface area contributed by atoms with Crippen molar-refractivity contribution in [2.75, 3.05) is 178 Å². The molecule has 0 radical (unpaired) electrons. The van der Waals surface area contributed by atoms with Crippen molar-refractivity contribution in [2.45, 2.75) is 77.2 Å². The van der Waals surface area contributed by atoms with Crippen LogP contribution < -0.4 is 21.5 Å². The molecule has 3 rings (SSSR count). The average Bonchev–Trinajstić information content (AvgIpc) is 3.65. The second-order valence-electron chi connectivity index (χ2n) is 18.3. The Balaban J connectivity index is 1.03. The number of halogens is 4. The van der Waals surface area contributed by atoms with Crippen molar-refractivity contribution in [3.8, 4) is 5.75 Å². The van der Waals surface area contributed by atoms with Gasteiger partial charge in [-0.15, -0.1) is 0 Å². The van der Waals surface area contributed by atoms with E-state index in [0.29, 0.717) is 168 Å². The van der Waals surface area contributed by atoms with Gasteiger partial charge in [-0.25, -0.2) is 18.6 Å². The summed E-state index contributed by atoms with van der Waals surface area (Å²) in [5.74, 6) is -9.36. The maximum atomic E-state index is 13.7. The molecule has 5 N–H and O–H groups in total. The molecule has 1 saturated carbocycles. The van der Waals surface area contributed by atoms with E-state index in [9.17, 15) is 31.9 Å². The van der Waals surface area contributed by atoms with Crippen LogP contribution in [-0.2, 0) is 61.7 Å². The molecule has 2 aliphatic rings. The lowest BCUT2D eigenvalue weighted by molar-refractivity contribution is -0.136. The van der Waals surface area contributed by atoms with Crippen LogP contribution in [0.4, 0.5) is 22.4 Å². The highest BCUT2D eigenvalue weighted by Crippen LogP contribution is 2.27. The van der Waals surface area contributed by atoms with Crippen molar-refractivity contribution < 1.29 is 88.8 Å². The standard InChI is InChI=1S/C54H87F4N7O15/c1-3-14-65(16-8-13-62-54(68)79-43-9-7-10-43)53(67)42-38-46(47(41-59)63-48(60)39-42)61-12-5-4-6-15-64(2)17-19-70-21-23-72-25-27-74-29-31-76-33-35-78-37-36-77-34-32-75-30-28-73-26-24-71-22-20-69-18-11-49(66)80-52-50(57)44(55)40-45(56)51(52)58/h38,40-41,43H,3-37,39,59H2,1-2H3,(H2,60,63)(H,62,68)/b47-41+,61-46?. The van der Waals surface area contributed by atoms with E-state index < -0.39 is 47.5 Å². The van der Waals surface area contributed by atoms with Crippen molar-refractivity contribution in [1.29, 1.82) is 0 Å². The Bertz CT molecular complexity index is 2000. The minimum atomic E-state index is -1.80. The minimum absolute atomic E-state index is 0.0165. The molecule has 0 atom stereocenters. The highest BCUT2D eigenvalue weighted by Gasteiger charge is 2.25. The molecule has 0 aromatic heterocycles. The van der Waals surface area contributed by atoms with Crippen LogP contribution in [0.5, 0.6) is 5.75 Å². The zero-order valence-corrected chi connectivity index (χ0v) is 46.8. The quantitative estimate of drug-likeness (QED) is 0.0264. The number of alkyl carbamates (subject to hydrolysis) is 1. The molecule has 1 heterocycles. The fourth-order valence-electron chi connectivity index (χ4n) is 7.30. The molecule has 0 saturated heterocycles. The second kappa shape index (κ2) is 44.7. The first kappa shape index (κ1) is 69.4. The van der Waals surface area contributed by atoms with E-state index in [1.807, 2.05) is 6.92 Å². The number of nitrogens with two attached hydrogens (primary N) is 2. The zero-order chi connectivity index (χ0) is 57.8. The Labute approximate surface area is 468 Å². The van der Waals surface area contributed by atoms with Crippen molar-refractivity contribution >= 4 is 29.5 Å². The predicted octanol–water partition coefficient (Wildman–Crippen LogP) is 4.64. The molecule has 0 bridgehead atoms. The maximum absolute atomic E-state index is 13.7. The third-order valence-corrected chi connectivity index (χ3v) is 11.8. The maximum Gasteiger partial charge on any atom is 0.407 e. The zero-order valence-electron chi connectivity index (χ0n) is 46.8. The number of hydrogen-bond donors (Lipinski definition) is 3. The van der Waals surface area contributed by atoms with Crippen molar-refractivity contribution in [2.24, 2.45) is 21.5 Å². The van der Waals surface area contributed by atoms with Gasteiger partial charge in [0.2, 0.25) is 23.3 Å². The highest BCUT2D eigenvalue weighted by atomic mass is 19.2. The summed E-state index contributed by atoms with van der Waals surface area (Å²) in [4.78, 5) is 50.7. The van der Waals surface area contributed by atoms with Gasteiger partial charge >= 0.3 is 12.1 Å². The van der Waals surface area contributed by atoms with Crippen molar-refractivity contribution in [3.63, 3.8) is 0 Å². The molecule has 0 spiro atoms. The van der Waals surface area contributed by atoms with E-state index in [1.54, 1.807) is 11.0 Å². The monoisotopic (exact) mass is 1150 g/mol. The van der Waals surface area contributed by atoms with E-state index in [0.717, 1.165) is 58.0 Å². The van der Waals surface area contributed by atoms with E-state index in [1.165, 1.54) is 6.20 Å². The number of carbonyl (C=O) groups excluding carboxylic acids is 3. The number of amides is 2. The molecular formula is C54H87F4N7O15. The number of rotatable bonds is 48. The highest BCUT2D eigenvalue weighted by molar-refractivity contribution is 6.16. The van der Waals surface area contributed by atoms with Crippen LogP contribution >= 0.6 is 0 Å². The summed E-state index contributed by atoms with van der Waals surface area (Å²) < 4.78 is 118. The summed E-state index contributed by atoms with van der Waals surface area (Å²) in [5.41, 5.74) is 13.6. The normalized spacial score (nSPS) is 14.8. The van der Waals surface area contributed by atoms with Gasteiger partial charge in [-0.1, -0.05) is 13.3 Å². The molecule has 22 nitrogen and oxygen atoms in total. The fourth-order valence-corrected chi connectivity index (χ4v) is 7.30. The Kier molecular flexibility index (Phi) is 38.8.